The number of likely N-dealkylation sites (N-methyl/N-ethyl adjacent to an activating group) is 1. The quantitative estimate of drug-likeness (QED) is 0.608. The van der Waals surface area contributed by atoms with Crippen LogP contribution >= 0.6 is 23.2 Å². The van der Waals surface area contributed by atoms with E-state index in [1.54, 1.807) is 16.8 Å². The minimum Gasteiger partial charge on any atom is -0.489 e. The minimum atomic E-state index is -2.46. The number of fused-ring (bicyclic) bond motifs is 2. The lowest BCUT2D eigenvalue weighted by molar-refractivity contribution is 0.0390. The van der Waals surface area contributed by atoms with Gasteiger partial charge in [0.15, 0.2) is 10.9 Å². The van der Waals surface area contributed by atoms with Crippen LogP contribution in [0.2, 0.25) is 10.2 Å². The highest BCUT2D eigenvalue weighted by Gasteiger charge is 2.46. The van der Waals surface area contributed by atoms with E-state index in [9.17, 15) is 23.5 Å². The number of halogens is 4. The summed E-state index contributed by atoms with van der Waals surface area (Å²) in [5, 5.41) is 9.34. The molecule has 4 rings (SSSR count). The lowest BCUT2D eigenvalue weighted by Gasteiger charge is -2.39. The van der Waals surface area contributed by atoms with E-state index < -0.39 is 24.1 Å². The summed E-state index contributed by atoms with van der Waals surface area (Å²) in [6.07, 6.45) is -2.95. The van der Waals surface area contributed by atoms with Crippen LogP contribution in [0.25, 0.3) is 0 Å². The fourth-order valence-corrected chi connectivity index (χ4v) is 5.39. The van der Waals surface area contributed by atoms with Gasteiger partial charge in [0.25, 0.3) is 12.3 Å². The first-order valence-corrected chi connectivity index (χ1v) is 11.7. The van der Waals surface area contributed by atoms with Crippen LogP contribution in [-0.4, -0.2) is 107 Å². The van der Waals surface area contributed by atoms with Crippen LogP contribution in [0, 0.1) is 0 Å². The van der Waals surface area contributed by atoms with E-state index in [1.165, 1.54) is 4.90 Å². The van der Waals surface area contributed by atoms with Crippen LogP contribution < -0.4 is 9.64 Å². The van der Waals surface area contributed by atoms with Gasteiger partial charge in [-0.15, -0.1) is 0 Å². The third kappa shape index (κ3) is 4.45. The maximum absolute atomic E-state index is 13.8. The molecule has 9 nitrogen and oxygen atoms in total. The molecule has 3 aliphatic heterocycles. The van der Waals surface area contributed by atoms with E-state index in [-0.39, 0.29) is 72.0 Å². The number of nitrogens with zero attached hydrogens (tertiary/aromatic N) is 5. The van der Waals surface area contributed by atoms with Crippen molar-refractivity contribution in [3.05, 3.63) is 15.7 Å². The van der Waals surface area contributed by atoms with Gasteiger partial charge >= 0.3 is 6.09 Å². The van der Waals surface area contributed by atoms with Gasteiger partial charge in [0.1, 0.15) is 23.0 Å². The van der Waals surface area contributed by atoms with Crippen molar-refractivity contribution in [3.8, 4) is 5.75 Å². The van der Waals surface area contributed by atoms with Crippen molar-refractivity contribution in [1.29, 1.82) is 0 Å². The number of hydrogen-bond acceptors (Lipinski definition) is 6. The van der Waals surface area contributed by atoms with Gasteiger partial charge < -0.3 is 24.5 Å². The molecule has 1 unspecified atom stereocenters. The lowest BCUT2D eigenvalue weighted by atomic mass is 9.99. The van der Waals surface area contributed by atoms with Crippen LogP contribution in [0.5, 0.6) is 5.75 Å². The zero-order valence-corrected chi connectivity index (χ0v) is 20.6. The molecular weight excluding hydrogens is 495 g/mol. The van der Waals surface area contributed by atoms with Crippen LogP contribution in [0.3, 0.4) is 0 Å². The summed E-state index contributed by atoms with van der Waals surface area (Å²) < 4.78 is 31.9. The molecule has 2 amide bonds. The highest BCUT2D eigenvalue weighted by Crippen LogP contribution is 2.45. The van der Waals surface area contributed by atoms with Gasteiger partial charge in [-0.25, -0.2) is 18.6 Å². The third-order valence-electron chi connectivity index (χ3n) is 6.85. The van der Waals surface area contributed by atoms with Gasteiger partial charge in [0, 0.05) is 37.8 Å². The van der Waals surface area contributed by atoms with Crippen molar-refractivity contribution >= 4 is 41.0 Å². The molecule has 13 heteroatoms. The SMILES string of the molecule is CN(CC(F)F)C1CN(c2nc(Cl)c(Cl)c3c2C(=O)N2CCN(C(=O)O)C[C@@H]2CO3)C(C)(C)C1. The molecule has 188 valence electrons. The second-order valence-corrected chi connectivity index (χ2v) is 10.3. The van der Waals surface area contributed by atoms with Crippen molar-refractivity contribution in [3.63, 3.8) is 0 Å². The first-order chi connectivity index (χ1) is 15.9. The second-order valence-electron chi connectivity index (χ2n) is 9.55. The average Bonchev–Trinajstić information content (AvgIpc) is 3.00. The summed E-state index contributed by atoms with van der Waals surface area (Å²) >= 11 is 12.7. The summed E-state index contributed by atoms with van der Waals surface area (Å²) in [5.41, 5.74) is -0.363. The van der Waals surface area contributed by atoms with E-state index in [0.29, 0.717) is 13.0 Å². The summed E-state index contributed by atoms with van der Waals surface area (Å²) in [6.45, 7) is 4.43. The molecule has 0 aliphatic carbocycles. The summed E-state index contributed by atoms with van der Waals surface area (Å²) in [4.78, 5) is 36.0. The van der Waals surface area contributed by atoms with Crippen molar-refractivity contribution < 1.29 is 28.2 Å². The normalized spacial score (nSPS) is 24.3. The highest BCUT2D eigenvalue weighted by molar-refractivity contribution is 6.42. The van der Waals surface area contributed by atoms with Gasteiger partial charge in [0.2, 0.25) is 0 Å². The molecular formula is C21H27Cl2F2N5O4. The predicted molar refractivity (Wildman–Crippen MR) is 123 cm³/mol. The summed E-state index contributed by atoms with van der Waals surface area (Å²) in [6, 6.07) is -0.687. The molecule has 1 N–H and O–H groups in total. The number of rotatable bonds is 4. The van der Waals surface area contributed by atoms with E-state index >= 15 is 0 Å². The fraction of sp³-hybridized carbons (Fsp3) is 0.667. The molecule has 3 aliphatic rings. The summed E-state index contributed by atoms with van der Waals surface area (Å²) in [7, 11) is 1.65. The number of carboxylic acid groups (broad SMARTS) is 1. The van der Waals surface area contributed by atoms with Gasteiger partial charge in [0.05, 0.1) is 12.6 Å². The number of hydrogen-bond donors (Lipinski definition) is 1. The molecule has 0 bridgehead atoms. The molecule has 0 saturated carbocycles. The van der Waals surface area contributed by atoms with Crippen LogP contribution in [0.1, 0.15) is 30.6 Å². The predicted octanol–water partition coefficient (Wildman–Crippen LogP) is 3.14. The van der Waals surface area contributed by atoms with Gasteiger partial charge in [-0.05, 0) is 27.3 Å². The third-order valence-corrected chi connectivity index (χ3v) is 7.57. The molecule has 1 aromatic rings. The van der Waals surface area contributed by atoms with Gasteiger partial charge in [-0.3, -0.25) is 9.69 Å². The number of amides is 2. The van der Waals surface area contributed by atoms with Gasteiger partial charge in [-0.1, -0.05) is 23.2 Å². The number of carbonyl (C=O) groups excluding carboxylic acids is 1. The number of piperazine rings is 1. The number of carbonyl (C=O) groups is 2. The van der Waals surface area contributed by atoms with Crippen LogP contribution in [-0.2, 0) is 0 Å². The number of anilines is 1. The average molecular weight is 522 g/mol. The molecule has 0 radical (unpaired) electrons. The monoisotopic (exact) mass is 521 g/mol. The Morgan fingerprint density at radius 3 is 2.68 bits per heavy atom. The zero-order valence-electron chi connectivity index (χ0n) is 19.1. The second kappa shape index (κ2) is 9.16. The smallest absolute Gasteiger partial charge is 0.407 e. The molecule has 2 fully saturated rings. The molecule has 0 aromatic carbocycles. The zero-order chi connectivity index (χ0) is 24.9. The molecule has 2 saturated heterocycles. The van der Waals surface area contributed by atoms with E-state index in [2.05, 4.69) is 4.98 Å². The Kier molecular flexibility index (Phi) is 6.73. The Labute approximate surface area is 206 Å². The minimum absolute atomic E-state index is 0.00655. The molecule has 0 spiro atoms. The van der Waals surface area contributed by atoms with Crippen molar-refractivity contribution in [2.75, 3.05) is 51.3 Å². The molecule has 4 heterocycles. The Morgan fingerprint density at radius 2 is 2.03 bits per heavy atom. The van der Waals surface area contributed by atoms with Crippen molar-refractivity contribution in [2.45, 2.75) is 44.3 Å². The van der Waals surface area contributed by atoms with E-state index in [4.69, 9.17) is 27.9 Å². The number of aromatic nitrogens is 1. The molecule has 34 heavy (non-hydrogen) atoms. The Balaban J connectivity index is 1.73. The maximum atomic E-state index is 13.8. The van der Waals surface area contributed by atoms with Crippen molar-refractivity contribution in [2.24, 2.45) is 0 Å². The maximum Gasteiger partial charge on any atom is 0.407 e. The first kappa shape index (κ1) is 25.0. The van der Waals surface area contributed by atoms with Crippen LogP contribution in [0.15, 0.2) is 0 Å². The topological polar surface area (TPSA) is 89.5 Å². The standard InChI is InChI=1S/C21H27Cl2F2N5O4/c1-21(2)6-11(27(3)9-13(24)25)8-30(21)18-14-16(15(22)17(23)26-18)34-10-12-7-28(20(32)33)4-5-29(12)19(14)31/h11-13H,4-10H2,1-3H3,(H,32,33)/t11?,12-/m1/s1. The Morgan fingerprint density at radius 1 is 1.32 bits per heavy atom. The first-order valence-electron chi connectivity index (χ1n) is 11.0. The highest BCUT2D eigenvalue weighted by atomic mass is 35.5. The lowest BCUT2D eigenvalue weighted by Crippen LogP contribution is -2.57. The van der Waals surface area contributed by atoms with Crippen LogP contribution in [0.4, 0.5) is 19.4 Å². The Hall–Kier alpha value is -2.11. The molecule has 2 atom stereocenters. The number of alkyl halides is 2. The fourth-order valence-electron chi connectivity index (χ4n) is 5.03. The van der Waals surface area contributed by atoms with E-state index in [0.717, 1.165) is 0 Å². The summed E-state index contributed by atoms with van der Waals surface area (Å²) in [5.74, 6) is 0.0237. The number of ether oxygens (including phenoxy) is 1. The largest absolute Gasteiger partial charge is 0.489 e. The van der Waals surface area contributed by atoms with Crippen molar-refractivity contribution in [1.82, 2.24) is 19.7 Å². The number of pyridine rings is 1. The Bertz CT molecular complexity index is 998. The van der Waals surface area contributed by atoms with Gasteiger partial charge in [-0.2, -0.15) is 0 Å². The molecule has 1 aromatic heterocycles. The van der Waals surface area contributed by atoms with E-state index in [1.807, 2.05) is 18.7 Å².